The van der Waals surface area contributed by atoms with Gasteiger partial charge in [0.05, 0.1) is 29.0 Å². The number of nitrogens with one attached hydrogen (secondary N) is 1. The monoisotopic (exact) mass is 421 g/mol. The van der Waals surface area contributed by atoms with Crippen LogP contribution in [0.4, 0.5) is 21.5 Å². The summed E-state index contributed by atoms with van der Waals surface area (Å²) in [5.41, 5.74) is 14.6. The highest BCUT2D eigenvalue weighted by molar-refractivity contribution is 6.07. The average Bonchev–Trinajstić information content (AvgIpc) is 2.76. The highest BCUT2D eigenvalue weighted by Crippen LogP contribution is 2.28. The molecule has 31 heavy (non-hydrogen) atoms. The minimum Gasteiger partial charge on any atom is -0.397 e. The third kappa shape index (κ3) is 4.46. The van der Waals surface area contributed by atoms with Crippen molar-refractivity contribution in [1.29, 1.82) is 0 Å². The lowest BCUT2D eigenvalue weighted by atomic mass is 10.1. The van der Waals surface area contributed by atoms with E-state index in [1.54, 1.807) is 31.5 Å². The van der Waals surface area contributed by atoms with Crippen molar-refractivity contribution in [1.82, 2.24) is 15.0 Å². The van der Waals surface area contributed by atoms with Crippen molar-refractivity contribution in [2.75, 3.05) is 29.0 Å². The molecule has 1 fully saturated rings. The second-order valence-corrected chi connectivity index (χ2v) is 7.61. The zero-order chi connectivity index (χ0) is 22.0. The molecule has 4 rings (SSSR count). The zero-order valence-electron chi connectivity index (χ0n) is 17.2. The summed E-state index contributed by atoms with van der Waals surface area (Å²) in [6, 6.07) is 7.88. The first-order valence-corrected chi connectivity index (χ1v) is 10.1. The van der Waals surface area contributed by atoms with Gasteiger partial charge in [-0.3, -0.25) is 9.78 Å². The van der Waals surface area contributed by atoms with Gasteiger partial charge in [0.2, 0.25) is 0 Å². The van der Waals surface area contributed by atoms with Gasteiger partial charge in [-0.25, -0.2) is 14.4 Å². The minimum atomic E-state index is -0.523. The number of aryl methyl sites for hydroxylation is 1. The van der Waals surface area contributed by atoms with Crippen molar-refractivity contribution >= 4 is 23.0 Å². The van der Waals surface area contributed by atoms with Crippen LogP contribution in [0, 0.1) is 12.7 Å². The second kappa shape index (κ2) is 8.65. The van der Waals surface area contributed by atoms with Crippen LogP contribution in [0.5, 0.6) is 0 Å². The van der Waals surface area contributed by atoms with Gasteiger partial charge in [-0.2, -0.15) is 0 Å². The quantitative estimate of drug-likeness (QED) is 0.592. The molecule has 0 aliphatic carbocycles. The van der Waals surface area contributed by atoms with Gasteiger partial charge in [0.1, 0.15) is 5.69 Å². The number of rotatable bonds is 4. The number of carbonyl (C=O) groups excluding carboxylic acids is 1. The molecule has 0 bridgehead atoms. The predicted molar refractivity (Wildman–Crippen MR) is 118 cm³/mol. The summed E-state index contributed by atoms with van der Waals surface area (Å²) in [6.45, 7) is 3.29. The number of hydrogen-bond acceptors (Lipinski definition) is 7. The molecule has 160 valence electrons. The minimum absolute atomic E-state index is 0.00893. The summed E-state index contributed by atoms with van der Waals surface area (Å²) in [6.07, 6.45) is 5.20. The van der Waals surface area contributed by atoms with Crippen LogP contribution in [-0.2, 0) is 0 Å². The van der Waals surface area contributed by atoms with Crippen LogP contribution in [0.1, 0.15) is 29.0 Å². The van der Waals surface area contributed by atoms with Gasteiger partial charge >= 0.3 is 0 Å². The van der Waals surface area contributed by atoms with E-state index < -0.39 is 11.7 Å². The number of nitrogen functional groups attached to an aromatic ring is 1. The number of pyridine rings is 3. The van der Waals surface area contributed by atoms with Crippen LogP contribution < -0.4 is 21.7 Å². The molecule has 4 heterocycles. The Morgan fingerprint density at radius 1 is 1.23 bits per heavy atom. The van der Waals surface area contributed by atoms with E-state index in [1.165, 1.54) is 12.1 Å². The molecule has 9 heteroatoms. The molecular weight excluding hydrogens is 397 g/mol. The van der Waals surface area contributed by atoms with Crippen LogP contribution in [0.15, 0.2) is 42.7 Å². The zero-order valence-corrected chi connectivity index (χ0v) is 17.2. The molecule has 1 atom stereocenters. The topological polar surface area (TPSA) is 123 Å². The third-order valence-corrected chi connectivity index (χ3v) is 5.21. The maximum atomic E-state index is 14.3. The fraction of sp³-hybridized carbons (Fsp3) is 0.273. The molecule has 1 amide bonds. The average molecular weight is 421 g/mol. The smallest absolute Gasteiger partial charge is 0.276 e. The van der Waals surface area contributed by atoms with E-state index in [0.29, 0.717) is 17.9 Å². The summed E-state index contributed by atoms with van der Waals surface area (Å²) in [7, 11) is 0. The molecule has 3 aromatic heterocycles. The van der Waals surface area contributed by atoms with E-state index in [4.69, 9.17) is 11.5 Å². The van der Waals surface area contributed by atoms with Crippen LogP contribution in [0.25, 0.3) is 11.4 Å². The van der Waals surface area contributed by atoms with Gasteiger partial charge < -0.3 is 21.7 Å². The fourth-order valence-corrected chi connectivity index (χ4v) is 3.67. The molecule has 1 aliphatic heterocycles. The number of amides is 1. The maximum absolute atomic E-state index is 14.3. The van der Waals surface area contributed by atoms with Crippen molar-refractivity contribution < 1.29 is 9.18 Å². The van der Waals surface area contributed by atoms with Crippen molar-refractivity contribution in [2.24, 2.45) is 5.73 Å². The van der Waals surface area contributed by atoms with Gasteiger partial charge in [-0.05, 0) is 50.1 Å². The molecular formula is C22H24FN7O. The van der Waals surface area contributed by atoms with E-state index in [9.17, 15) is 9.18 Å². The molecule has 8 nitrogen and oxygen atoms in total. The van der Waals surface area contributed by atoms with Crippen LogP contribution in [0.2, 0.25) is 0 Å². The number of nitrogens with zero attached hydrogens (tertiary/aromatic N) is 4. The number of carbonyl (C=O) groups is 1. The molecule has 1 saturated heterocycles. The highest BCUT2D eigenvalue weighted by Gasteiger charge is 2.22. The van der Waals surface area contributed by atoms with Gasteiger partial charge in [-0.15, -0.1) is 0 Å². The normalized spacial score (nSPS) is 16.2. The van der Waals surface area contributed by atoms with E-state index in [2.05, 4.69) is 25.2 Å². The lowest BCUT2D eigenvalue weighted by molar-refractivity contribution is 0.102. The Kier molecular flexibility index (Phi) is 5.77. The summed E-state index contributed by atoms with van der Waals surface area (Å²) >= 11 is 0. The highest BCUT2D eigenvalue weighted by atomic mass is 19.1. The van der Waals surface area contributed by atoms with Crippen molar-refractivity contribution in [2.45, 2.75) is 25.8 Å². The van der Waals surface area contributed by atoms with Crippen LogP contribution >= 0.6 is 0 Å². The Balaban J connectivity index is 1.63. The van der Waals surface area contributed by atoms with Crippen LogP contribution in [-0.4, -0.2) is 40.0 Å². The second-order valence-electron chi connectivity index (χ2n) is 7.61. The lowest BCUT2D eigenvalue weighted by Crippen LogP contribution is -2.43. The summed E-state index contributed by atoms with van der Waals surface area (Å²) in [5.74, 6) is -1.03. The first-order valence-electron chi connectivity index (χ1n) is 10.1. The first-order chi connectivity index (χ1) is 14.9. The summed E-state index contributed by atoms with van der Waals surface area (Å²) < 4.78 is 14.3. The lowest BCUT2D eigenvalue weighted by Gasteiger charge is -2.33. The predicted octanol–water partition coefficient (Wildman–Crippen LogP) is 2.75. The SMILES string of the molecule is Cc1ccc(F)c(-c2ccc(N)c(C(=O)Nc3cnccc3N3CCCC(N)C3)n2)n1. The van der Waals surface area contributed by atoms with E-state index >= 15 is 0 Å². The summed E-state index contributed by atoms with van der Waals surface area (Å²) in [5, 5.41) is 2.84. The molecule has 0 saturated carbocycles. The number of halogens is 1. The Morgan fingerprint density at radius 2 is 2.06 bits per heavy atom. The van der Waals surface area contributed by atoms with Crippen LogP contribution in [0.3, 0.4) is 0 Å². The Hall–Kier alpha value is -3.59. The van der Waals surface area contributed by atoms with E-state index in [0.717, 1.165) is 25.1 Å². The standard InChI is InChI=1S/C22H24FN7O/c1-13-4-5-15(23)20(27-13)17-7-6-16(25)21(28-17)22(31)29-18-11-26-9-8-19(18)30-10-2-3-14(24)12-30/h4-9,11,14H,2-3,10,12,24-25H2,1H3,(H,29,31). The molecule has 0 aromatic carbocycles. The number of anilines is 3. The van der Waals surface area contributed by atoms with Gasteiger partial charge in [0.25, 0.3) is 5.91 Å². The van der Waals surface area contributed by atoms with Crippen molar-refractivity contribution in [3.63, 3.8) is 0 Å². The molecule has 0 radical (unpaired) electrons. The number of nitrogens with two attached hydrogens (primary N) is 2. The van der Waals surface area contributed by atoms with E-state index in [1.807, 2.05) is 6.07 Å². The molecule has 5 N–H and O–H groups in total. The largest absolute Gasteiger partial charge is 0.397 e. The number of aromatic nitrogens is 3. The van der Waals surface area contributed by atoms with Crippen molar-refractivity contribution in [3.05, 3.63) is 59.9 Å². The molecule has 1 aliphatic rings. The first kappa shape index (κ1) is 20.7. The fourth-order valence-electron chi connectivity index (χ4n) is 3.67. The molecule has 1 unspecified atom stereocenters. The Bertz CT molecular complexity index is 1120. The Labute approximate surface area is 179 Å². The third-order valence-electron chi connectivity index (χ3n) is 5.21. The Morgan fingerprint density at radius 3 is 2.87 bits per heavy atom. The summed E-state index contributed by atoms with van der Waals surface area (Å²) in [4.78, 5) is 27.8. The number of piperidine rings is 1. The molecule has 3 aromatic rings. The van der Waals surface area contributed by atoms with Gasteiger partial charge in [-0.1, -0.05) is 0 Å². The van der Waals surface area contributed by atoms with Crippen molar-refractivity contribution in [3.8, 4) is 11.4 Å². The van der Waals surface area contributed by atoms with E-state index in [-0.39, 0.29) is 28.8 Å². The molecule has 0 spiro atoms. The number of hydrogen-bond donors (Lipinski definition) is 3. The van der Waals surface area contributed by atoms with Gasteiger partial charge in [0, 0.05) is 31.0 Å². The van der Waals surface area contributed by atoms with Gasteiger partial charge in [0.15, 0.2) is 11.5 Å². The maximum Gasteiger partial charge on any atom is 0.276 e.